The maximum atomic E-state index is 10.6. The van der Waals surface area contributed by atoms with Gasteiger partial charge in [-0.3, -0.25) is 0 Å². The highest BCUT2D eigenvalue weighted by Crippen LogP contribution is 2.24. The molecule has 1 rings (SSSR count). The highest BCUT2D eigenvalue weighted by atomic mass is 35.5. The first-order valence-electron chi connectivity index (χ1n) is 4.48. The molecule has 0 spiro atoms. The summed E-state index contributed by atoms with van der Waals surface area (Å²) in [5, 5.41) is 0. The van der Waals surface area contributed by atoms with Crippen molar-refractivity contribution in [3.8, 4) is 5.75 Å². The van der Waals surface area contributed by atoms with Gasteiger partial charge in [0.2, 0.25) is 0 Å². The van der Waals surface area contributed by atoms with Crippen molar-refractivity contribution >= 4 is 17.0 Å². The molecule has 76 valence electrons. The van der Waals surface area contributed by atoms with Gasteiger partial charge in [-0.1, -0.05) is 26.0 Å². The van der Waals surface area contributed by atoms with Gasteiger partial charge in [0.1, 0.15) is 5.75 Å². The third kappa shape index (κ3) is 2.74. The average Bonchev–Trinajstić information content (AvgIpc) is 2.07. The Hall–Kier alpha value is -1.02. The maximum Gasteiger partial charge on any atom is 0.409 e. The fraction of sp³-hybridized carbons (Fsp3) is 0.364. The molecular weight excluding hydrogens is 200 g/mol. The lowest BCUT2D eigenvalue weighted by Gasteiger charge is -2.09. The van der Waals surface area contributed by atoms with Crippen molar-refractivity contribution < 1.29 is 9.53 Å². The Morgan fingerprint density at radius 1 is 1.43 bits per heavy atom. The van der Waals surface area contributed by atoms with E-state index in [1.165, 1.54) is 0 Å². The Balaban J connectivity index is 3.02. The number of carbonyl (C=O) groups excluding carboxylic acids is 1. The lowest BCUT2D eigenvalue weighted by molar-refractivity contribution is 0.225. The quantitative estimate of drug-likeness (QED) is 0.696. The van der Waals surface area contributed by atoms with E-state index in [0.717, 1.165) is 11.1 Å². The van der Waals surface area contributed by atoms with Crippen LogP contribution in [0.2, 0.25) is 0 Å². The monoisotopic (exact) mass is 212 g/mol. The molecular formula is C11H13ClO2. The second-order valence-electron chi connectivity index (χ2n) is 3.52. The maximum absolute atomic E-state index is 10.6. The van der Waals surface area contributed by atoms with Gasteiger partial charge < -0.3 is 4.74 Å². The van der Waals surface area contributed by atoms with Crippen LogP contribution in [0.1, 0.15) is 30.9 Å². The van der Waals surface area contributed by atoms with Crippen molar-refractivity contribution in [2.24, 2.45) is 0 Å². The lowest BCUT2D eigenvalue weighted by Crippen LogP contribution is -1.99. The molecule has 0 radical (unpaired) electrons. The van der Waals surface area contributed by atoms with Crippen LogP contribution >= 0.6 is 11.6 Å². The van der Waals surface area contributed by atoms with Crippen LogP contribution in [0.4, 0.5) is 4.79 Å². The van der Waals surface area contributed by atoms with Crippen LogP contribution in [-0.2, 0) is 0 Å². The third-order valence-electron chi connectivity index (χ3n) is 2.07. The van der Waals surface area contributed by atoms with Gasteiger partial charge in [-0.25, -0.2) is 4.79 Å². The molecule has 2 nitrogen and oxygen atoms in total. The summed E-state index contributed by atoms with van der Waals surface area (Å²) in [5.74, 6) is 0.944. The summed E-state index contributed by atoms with van der Waals surface area (Å²) in [4.78, 5) is 10.6. The van der Waals surface area contributed by atoms with Crippen LogP contribution in [0, 0.1) is 6.92 Å². The third-order valence-corrected chi connectivity index (χ3v) is 2.15. The van der Waals surface area contributed by atoms with Crippen molar-refractivity contribution in [3.63, 3.8) is 0 Å². The number of benzene rings is 1. The smallest absolute Gasteiger partial charge is 0.409 e. The summed E-state index contributed by atoms with van der Waals surface area (Å²) in [5.41, 5.74) is 1.24. The van der Waals surface area contributed by atoms with E-state index in [9.17, 15) is 4.79 Å². The van der Waals surface area contributed by atoms with Crippen LogP contribution in [0.15, 0.2) is 18.2 Å². The molecule has 0 bridgehead atoms. The normalized spacial score (nSPS) is 10.4. The van der Waals surface area contributed by atoms with Crippen molar-refractivity contribution in [2.75, 3.05) is 0 Å². The molecule has 1 aromatic carbocycles. The van der Waals surface area contributed by atoms with Crippen molar-refractivity contribution in [1.82, 2.24) is 0 Å². The van der Waals surface area contributed by atoms with Gasteiger partial charge in [0.15, 0.2) is 0 Å². The van der Waals surface area contributed by atoms with E-state index < -0.39 is 5.43 Å². The molecule has 0 aromatic heterocycles. The Bertz CT molecular complexity index is 345. The zero-order valence-corrected chi connectivity index (χ0v) is 9.26. The van der Waals surface area contributed by atoms with Crippen LogP contribution < -0.4 is 4.74 Å². The van der Waals surface area contributed by atoms with Crippen LogP contribution in [0.3, 0.4) is 0 Å². The zero-order valence-electron chi connectivity index (χ0n) is 8.50. The van der Waals surface area contributed by atoms with Gasteiger partial charge in [0, 0.05) is 11.6 Å². The topological polar surface area (TPSA) is 26.3 Å². The molecule has 1 aromatic rings. The van der Waals surface area contributed by atoms with Crippen molar-refractivity contribution in [1.29, 1.82) is 0 Å². The summed E-state index contributed by atoms with van der Waals surface area (Å²) < 4.78 is 4.86. The van der Waals surface area contributed by atoms with E-state index >= 15 is 0 Å². The lowest BCUT2D eigenvalue weighted by atomic mass is 10.0. The Kier molecular flexibility index (Phi) is 3.53. The molecule has 0 heterocycles. The second kappa shape index (κ2) is 4.47. The summed E-state index contributed by atoms with van der Waals surface area (Å²) >= 11 is 5.16. The molecule has 14 heavy (non-hydrogen) atoms. The number of hydrogen-bond donors (Lipinski definition) is 0. The molecule has 0 aliphatic heterocycles. The average molecular weight is 213 g/mol. The van der Waals surface area contributed by atoms with Crippen LogP contribution in [-0.4, -0.2) is 5.43 Å². The summed E-state index contributed by atoms with van der Waals surface area (Å²) in [6.45, 7) is 6.03. The van der Waals surface area contributed by atoms with E-state index in [1.54, 1.807) is 0 Å². The van der Waals surface area contributed by atoms with Gasteiger partial charge in [-0.15, -0.1) is 0 Å². The van der Waals surface area contributed by atoms with Crippen molar-refractivity contribution in [2.45, 2.75) is 26.7 Å². The van der Waals surface area contributed by atoms with E-state index in [2.05, 4.69) is 13.8 Å². The van der Waals surface area contributed by atoms with Crippen LogP contribution in [0.5, 0.6) is 5.75 Å². The first-order chi connectivity index (χ1) is 6.50. The fourth-order valence-electron chi connectivity index (χ4n) is 1.17. The molecule has 0 unspecified atom stereocenters. The minimum absolute atomic E-state index is 0.406. The van der Waals surface area contributed by atoms with E-state index in [4.69, 9.17) is 16.3 Å². The van der Waals surface area contributed by atoms with Gasteiger partial charge in [-0.05, 0) is 30.0 Å². The molecule has 0 N–H and O–H groups in total. The molecule has 0 fully saturated rings. The number of hydrogen-bond acceptors (Lipinski definition) is 2. The first kappa shape index (κ1) is 11.1. The van der Waals surface area contributed by atoms with E-state index in [1.807, 2.05) is 25.1 Å². The van der Waals surface area contributed by atoms with Gasteiger partial charge in [-0.2, -0.15) is 0 Å². The largest absolute Gasteiger partial charge is 0.414 e. The highest BCUT2D eigenvalue weighted by Gasteiger charge is 2.07. The molecule has 3 heteroatoms. The van der Waals surface area contributed by atoms with Crippen molar-refractivity contribution in [3.05, 3.63) is 29.3 Å². The summed E-state index contributed by atoms with van der Waals surface area (Å²) in [6.07, 6.45) is 0. The first-order valence-corrected chi connectivity index (χ1v) is 4.86. The van der Waals surface area contributed by atoms with E-state index in [-0.39, 0.29) is 0 Å². The number of ether oxygens (including phenoxy) is 1. The molecule has 0 saturated heterocycles. The van der Waals surface area contributed by atoms with Gasteiger partial charge in [0.05, 0.1) is 0 Å². The van der Waals surface area contributed by atoms with Gasteiger partial charge in [0.25, 0.3) is 0 Å². The Morgan fingerprint density at radius 3 is 2.57 bits per heavy atom. The molecule has 0 saturated carbocycles. The molecule has 0 amide bonds. The SMILES string of the molecule is Cc1ccc(C(C)C)cc1OC(=O)Cl. The van der Waals surface area contributed by atoms with E-state index in [0.29, 0.717) is 11.7 Å². The second-order valence-corrected chi connectivity index (χ2v) is 3.83. The zero-order chi connectivity index (χ0) is 10.7. The summed E-state index contributed by atoms with van der Waals surface area (Å²) in [7, 11) is 0. The highest BCUT2D eigenvalue weighted by molar-refractivity contribution is 6.61. The predicted molar refractivity (Wildman–Crippen MR) is 57.1 cm³/mol. The Labute approximate surface area is 88.8 Å². The number of carbonyl (C=O) groups is 1. The van der Waals surface area contributed by atoms with Crippen LogP contribution in [0.25, 0.3) is 0 Å². The Morgan fingerprint density at radius 2 is 2.07 bits per heavy atom. The molecule has 0 aliphatic rings. The van der Waals surface area contributed by atoms with Gasteiger partial charge >= 0.3 is 5.43 Å². The minimum Gasteiger partial charge on any atom is -0.414 e. The predicted octanol–water partition coefficient (Wildman–Crippen LogP) is 3.86. The number of rotatable bonds is 2. The number of aryl methyl sites for hydroxylation is 1. The molecule has 0 aliphatic carbocycles. The number of halogens is 1. The summed E-state index contributed by atoms with van der Waals surface area (Å²) in [6, 6.07) is 5.79. The molecule has 0 atom stereocenters. The standard InChI is InChI=1S/C11H13ClO2/c1-7(2)9-5-4-8(3)10(6-9)14-11(12)13/h4-7H,1-3H3. The fourth-order valence-corrected chi connectivity index (χ4v) is 1.26. The minimum atomic E-state index is -0.797.